The van der Waals surface area contributed by atoms with Crippen molar-refractivity contribution >= 4 is 17.1 Å². The largest absolute Gasteiger partial charge is 0.425 e. The Morgan fingerprint density at radius 1 is 0.964 bits per heavy atom. The summed E-state index contributed by atoms with van der Waals surface area (Å²) in [5.41, 5.74) is 3.44. The van der Waals surface area contributed by atoms with Crippen LogP contribution in [0.4, 0.5) is 0 Å². The van der Waals surface area contributed by atoms with E-state index >= 15 is 0 Å². The van der Waals surface area contributed by atoms with Gasteiger partial charge in [-0.15, -0.1) is 0 Å². The first kappa shape index (κ1) is 17.3. The van der Waals surface area contributed by atoms with Crippen molar-refractivity contribution in [3.63, 3.8) is 0 Å². The Morgan fingerprint density at radius 3 is 2.29 bits per heavy atom. The average Bonchev–Trinajstić information content (AvgIpc) is 3.04. The van der Waals surface area contributed by atoms with Crippen molar-refractivity contribution in [1.29, 1.82) is 5.26 Å². The monoisotopic (exact) mass is 370 g/mol. The molecular formula is C22H14N2O4. The predicted octanol–water partition coefficient (Wildman–Crippen LogP) is 3.74. The van der Waals surface area contributed by atoms with Crippen LogP contribution in [-0.2, 0) is 11.3 Å². The number of carbonyl (C=O) groups is 1. The normalized spacial score (nSPS) is 10.5. The molecule has 3 aromatic carbocycles. The van der Waals surface area contributed by atoms with Crippen LogP contribution >= 0.6 is 0 Å². The van der Waals surface area contributed by atoms with Crippen LogP contribution in [0.5, 0.6) is 5.75 Å². The summed E-state index contributed by atoms with van der Waals surface area (Å²) in [6.07, 6.45) is 0. The molecule has 0 amide bonds. The van der Waals surface area contributed by atoms with Gasteiger partial charge in [0.2, 0.25) is 0 Å². The third-order valence-electron chi connectivity index (χ3n) is 4.29. The molecule has 1 heterocycles. The Hall–Kier alpha value is -4.11. The topological polar surface area (TPSA) is 85.2 Å². The average molecular weight is 370 g/mol. The van der Waals surface area contributed by atoms with Gasteiger partial charge in [0.1, 0.15) is 12.3 Å². The van der Waals surface area contributed by atoms with E-state index in [1.54, 1.807) is 48.5 Å². The molecular weight excluding hydrogens is 356 g/mol. The second-order valence-corrected chi connectivity index (χ2v) is 6.11. The molecule has 0 saturated heterocycles. The number of para-hydroxylation sites is 2. The van der Waals surface area contributed by atoms with E-state index in [0.717, 1.165) is 11.1 Å². The highest BCUT2D eigenvalue weighted by atomic mass is 16.5. The Bertz CT molecular complexity index is 1240. The quantitative estimate of drug-likeness (QED) is 0.403. The molecule has 0 bridgehead atoms. The number of rotatable bonds is 4. The first-order valence-electron chi connectivity index (χ1n) is 8.54. The maximum absolute atomic E-state index is 12.2. The van der Waals surface area contributed by atoms with E-state index in [0.29, 0.717) is 22.4 Å². The Morgan fingerprint density at radius 2 is 1.61 bits per heavy atom. The van der Waals surface area contributed by atoms with Crippen LogP contribution < -0.4 is 10.5 Å². The van der Waals surface area contributed by atoms with Gasteiger partial charge in [0.05, 0.1) is 17.1 Å². The van der Waals surface area contributed by atoms with E-state index in [1.165, 1.54) is 4.57 Å². The van der Waals surface area contributed by atoms with Gasteiger partial charge in [0.25, 0.3) is 0 Å². The molecule has 0 fully saturated rings. The highest BCUT2D eigenvalue weighted by molar-refractivity contribution is 5.77. The number of esters is 1. The first-order chi connectivity index (χ1) is 13.6. The van der Waals surface area contributed by atoms with Gasteiger partial charge < -0.3 is 9.15 Å². The fourth-order valence-electron chi connectivity index (χ4n) is 2.91. The molecule has 136 valence electrons. The number of benzene rings is 3. The zero-order valence-corrected chi connectivity index (χ0v) is 14.7. The van der Waals surface area contributed by atoms with Crippen LogP contribution in [0.25, 0.3) is 22.2 Å². The van der Waals surface area contributed by atoms with Gasteiger partial charge in [-0.05, 0) is 47.5 Å². The molecule has 1 aromatic heterocycles. The molecule has 0 unspecified atom stereocenters. The molecule has 0 spiro atoms. The number of carbonyl (C=O) groups excluding carboxylic acids is 1. The lowest BCUT2D eigenvalue weighted by Crippen LogP contribution is -2.23. The zero-order valence-electron chi connectivity index (χ0n) is 14.7. The van der Waals surface area contributed by atoms with Crippen LogP contribution in [-0.4, -0.2) is 10.5 Å². The van der Waals surface area contributed by atoms with Crippen molar-refractivity contribution in [2.24, 2.45) is 0 Å². The Kier molecular flexibility index (Phi) is 4.48. The fourth-order valence-corrected chi connectivity index (χ4v) is 2.91. The van der Waals surface area contributed by atoms with Crippen molar-refractivity contribution in [3.8, 4) is 22.9 Å². The van der Waals surface area contributed by atoms with Crippen molar-refractivity contribution in [2.45, 2.75) is 6.54 Å². The molecule has 6 nitrogen and oxygen atoms in total. The maximum atomic E-state index is 12.2. The van der Waals surface area contributed by atoms with Gasteiger partial charge in [0.15, 0.2) is 5.58 Å². The minimum Gasteiger partial charge on any atom is -0.425 e. The van der Waals surface area contributed by atoms with Gasteiger partial charge >= 0.3 is 11.7 Å². The maximum Gasteiger partial charge on any atom is 0.420 e. The van der Waals surface area contributed by atoms with Gasteiger partial charge in [-0.1, -0.05) is 36.4 Å². The molecule has 0 N–H and O–H groups in total. The minimum atomic E-state index is -0.602. The molecule has 28 heavy (non-hydrogen) atoms. The molecule has 0 saturated carbocycles. The third-order valence-corrected chi connectivity index (χ3v) is 4.29. The Balaban J connectivity index is 1.48. The van der Waals surface area contributed by atoms with E-state index in [-0.39, 0.29) is 6.54 Å². The molecule has 6 heteroatoms. The van der Waals surface area contributed by atoms with Crippen LogP contribution in [0.15, 0.2) is 82.0 Å². The molecule has 4 rings (SSSR count). The van der Waals surface area contributed by atoms with E-state index in [2.05, 4.69) is 6.07 Å². The van der Waals surface area contributed by atoms with Crippen LogP contribution in [0.3, 0.4) is 0 Å². The summed E-state index contributed by atoms with van der Waals surface area (Å²) in [5, 5.41) is 8.86. The highest BCUT2D eigenvalue weighted by Crippen LogP contribution is 2.23. The van der Waals surface area contributed by atoms with Gasteiger partial charge in [-0.25, -0.2) is 9.59 Å². The van der Waals surface area contributed by atoms with Gasteiger partial charge in [-0.3, -0.25) is 4.57 Å². The van der Waals surface area contributed by atoms with E-state index in [9.17, 15) is 9.59 Å². The SMILES string of the molecule is N#Cc1ccc(-c2ccc(OC(=O)Cn3c(=O)oc4ccccc43)cc2)cc1. The summed E-state index contributed by atoms with van der Waals surface area (Å²) < 4.78 is 11.7. The molecule has 0 atom stereocenters. The number of hydrogen-bond donors (Lipinski definition) is 0. The number of oxazole rings is 1. The van der Waals surface area contributed by atoms with Crippen LogP contribution in [0, 0.1) is 11.3 Å². The number of hydrogen-bond acceptors (Lipinski definition) is 5. The number of nitriles is 1. The summed E-state index contributed by atoms with van der Waals surface area (Å²) in [6.45, 7) is -0.243. The molecule has 0 aliphatic carbocycles. The van der Waals surface area contributed by atoms with Crippen molar-refractivity contribution in [1.82, 2.24) is 4.57 Å². The van der Waals surface area contributed by atoms with E-state index < -0.39 is 11.7 Å². The molecule has 4 aromatic rings. The molecule has 0 radical (unpaired) electrons. The summed E-state index contributed by atoms with van der Waals surface area (Å²) in [6, 6.07) is 23.2. The van der Waals surface area contributed by atoms with Gasteiger partial charge in [0, 0.05) is 0 Å². The van der Waals surface area contributed by atoms with E-state index in [4.69, 9.17) is 14.4 Å². The fraction of sp³-hybridized carbons (Fsp3) is 0.0455. The number of nitrogens with zero attached hydrogens (tertiary/aromatic N) is 2. The van der Waals surface area contributed by atoms with Crippen molar-refractivity contribution in [3.05, 3.63) is 88.9 Å². The lowest BCUT2D eigenvalue weighted by atomic mass is 10.0. The summed E-state index contributed by atoms with van der Waals surface area (Å²) >= 11 is 0. The lowest BCUT2D eigenvalue weighted by molar-refractivity contribution is -0.135. The second-order valence-electron chi connectivity index (χ2n) is 6.11. The van der Waals surface area contributed by atoms with Crippen molar-refractivity contribution in [2.75, 3.05) is 0 Å². The highest BCUT2D eigenvalue weighted by Gasteiger charge is 2.14. The predicted molar refractivity (Wildman–Crippen MR) is 103 cm³/mol. The van der Waals surface area contributed by atoms with Crippen LogP contribution in [0.2, 0.25) is 0 Å². The number of aromatic nitrogens is 1. The molecule has 0 aliphatic heterocycles. The molecule has 0 aliphatic rings. The van der Waals surface area contributed by atoms with Crippen LogP contribution in [0.1, 0.15) is 5.56 Å². The zero-order chi connectivity index (χ0) is 19.5. The summed E-state index contributed by atoms with van der Waals surface area (Å²) in [4.78, 5) is 24.2. The Labute approximate surface area is 159 Å². The summed E-state index contributed by atoms with van der Waals surface area (Å²) in [7, 11) is 0. The number of ether oxygens (including phenoxy) is 1. The third kappa shape index (κ3) is 3.41. The van der Waals surface area contributed by atoms with E-state index in [1.807, 2.05) is 24.3 Å². The second kappa shape index (κ2) is 7.25. The standard InChI is InChI=1S/C22H14N2O4/c23-13-15-5-7-16(8-6-15)17-9-11-18(12-10-17)27-21(25)14-24-19-3-1-2-4-20(19)28-22(24)26/h1-12H,14H2. The van der Waals surface area contributed by atoms with Crippen molar-refractivity contribution < 1.29 is 13.9 Å². The first-order valence-corrected chi connectivity index (χ1v) is 8.54. The smallest absolute Gasteiger partial charge is 0.420 e. The van der Waals surface area contributed by atoms with Gasteiger partial charge in [-0.2, -0.15) is 5.26 Å². The number of fused-ring (bicyclic) bond motifs is 1. The summed E-state index contributed by atoms with van der Waals surface area (Å²) in [5.74, 6) is -0.794. The minimum absolute atomic E-state index is 0.243. The lowest BCUT2D eigenvalue weighted by Gasteiger charge is -2.07.